The molecule has 1 aliphatic rings. The van der Waals surface area contributed by atoms with E-state index in [1.165, 1.54) is 0 Å². The van der Waals surface area contributed by atoms with Gasteiger partial charge in [0.2, 0.25) is 5.95 Å². The van der Waals surface area contributed by atoms with Gasteiger partial charge in [-0.05, 0) is 24.3 Å². The number of benzene rings is 2. The maximum atomic E-state index is 12.6. The van der Waals surface area contributed by atoms with Crippen LogP contribution in [0.5, 0.6) is 5.75 Å². The lowest BCUT2D eigenvalue weighted by Gasteiger charge is -2.35. The summed E-state index contributed by atoms with van der Waals surface area (Å²) in [4.78, 5) is 34.4. The average Bonchev–Trinajstić information content (AvgIpc) is 2.88. The van der Waals surface area contributed by atoms with Gasteiger partial charge in [0, 0.05) is 36.8 Å². The van der Waals surface area contributed by atoms with Gasteiger partial charge in [-0.3, -0.25) is 4.79 Å². The molecule has 4 aromatic rings. The molecule has 2 N–H and O–H groups in total. The Morgan fingerprint density at radius 2 is 1.71 bits per heavy atom. The average molecular weight is 476 g/mol. The van der Waals surface area contributed by atoms with Gasteiger partial charge in [0.1, 0.15) is 5.75 Å². The standard InChI is InChI=1S/C24H22ClN7O2/c25-17-8-6-16(7-9-17)19-14-27-22-21(28-19)23(30-24(26)29-22)32-12-10-31(11-13-32)20(33)15-34-18-4-2-1-3-5-18/h1-9,14H,10-13,15H2,(H2,26,27,29,30). The van der Waals surface area contributed by atoms with Gasteiger partial charge in [0.05, 0.1) is 11.9 Å². The molecule has 1 saturated heterocycles. The number of hydrogen-bond donors (Lipinski definition) is 1. The molecule has 1 aliphatic heterocycles. The van der Waals surface area contributed by atoms with Crippen molar-refractivity contribution in [2.24, 2.45) is 0 Å². The SMILES string of the molecule is Nc1nc(N2CCN(C(=O)COc3ccccc3)CC2)c2nc(-c3ccc(Cl)cc3)cnc2n1. The molecule has 9 nitrogen and oxygen atoms in total. The van der Waals surface area contributed by atoms with Gasteiger partial charge in [0.15, 0.2) is 23.6 Å². The van der Waals surface area contributed by atoms with Crippen LogP contribution in [0, 0.1) is 0 Å². The molecule has 3 heterocycles. The van der Waals surface area contributed by atoms with Gasteiger partial charge in [-0.15, -0.1) is 0 Å². The number of hydrogen-bond acceptors (Lipinski definition) is 8. The van der Waals surface area contributed by atoms with Gasteiger partial charge in [-0.2, -0.15) is 9.97 Å². The Morgan fingerprint density at radius 1 is 0.971 bits per heavy atom. The second kappa shape index (κ2) is 9.48. The maximum absolute atomic E-state index is 12.6. The highest BCUT2D eigenvalue weighted by Gasteiger charge is 2.25. The van der Waals surface area contributed by atoms with Crippen molar-refractivity contribution in [3.8, 4) is 17.0 Å². The monoisotopic (exact) mass is 475 g/mol. The molecule has 2 aromatic heterocycles. The summed E-state index contributed by atoms with van der Waals surface area (Å²) < 4.78 is 5.60. The summed E-state index contributed by atoms with van der Waals surface area (Å²) in [5.74, 6) is 1.36. The predicted molar refractivity (Wildman–Crippen MR) is 131 cm³/mol. The first-order valence-corrected chi connectivity index (χ1v) is 11.2. The molecule has 0 radical (unpaired) electrons. The van der Waals surface area contributed by atoms with Gasteiger partial charge in [-0.25, -0.2) is 9.97 Å². The van der Waals surface area contributed by atoms with E-state index >= 15 is 0 Å². The highest BCUT2D eigenvalue weighted by Crippen LogP contribution is 2.27. The lowest BCUT2D eigenvalue weighted by atomic mass is 10.1. The summed E-state index contributed by atoms with van der Waals surface area (Å²) in [5, 5.41) is 0.649. The number of nitrogen functional groups attached to an aromatic ring is 1. The third kappa shape index (κ3) is 4.69. The lowest BCUT2D eigenvalue weighted by Crippen LogP contribution is -2.50. The Bertz CT molecular complexity index is 1310. The van der Waals surface area contributed by atoms with E-state index < -0.39 is 0 Å². The van der Waals surface area contributed by atoms with E-state index in [-0.39, 0.29) is 18.5 Å². The third-order valence-corrected chi connectivity index (χ3v) is 5.84. The van der Waals surface area contributed by atoms with Crippen molar-refractivity contribution in [1.29, 1.82) is 0 Å². The summed E-state index contributed by atoms with van der Waals surface area (Å²) in [6.07, 6.45) is 1.66. The van der Waals surface area contributed by atoms with E-state index in [0.29, 0.717) is 59.6 Å². The number of amides is 1. The highest BCUT2D eigenvalue weighted by molar-refractivity contribution is 6.30. The number of aromatic nitrogens is 4. The molecule has 0 bridgehead atoms. The van der Waals surface area contributed by atoms with Gasteiger partial charge in [0.25, 0.3) is 5.91 Å². The Kier molecular flexibility index (Phi) is 6.09. The minimum absolute atomic E-state index is 0.00330. The van der Waals surface area contributed by atoms with Crippen LogP contribution >= 0.6 is 11.6 Å². The van der Waals surface area contributed by atoms with Gasteiger partial charge >= 0.3 is 0 Å². The number of carbonyl (C=O) groups excluding carboxylic acids is 1. The number of ether oxygens (including phenoxy) is 1. The first-order chi connectivity index (χ1) is 16.6. The van der Waals surface area contributed by atoms with Crippen LogP contribution in [-0.2, 0) is 4.79 Å². The minimum atomic E-state index is -0.0552. The number of para-hydroxylation sites is 1. The first-order valence-electron chi connectivity index (χ1n) is 10.8. The van der Waals surface area contributed by atoms with Crippen molar-refractivity contribution in [3.63, 3.8) is 0 Å². The van der Waals surface area contributed by atoms with Crippen molar-refractivity contribution in [2.45, 2.75) is 0 Å². The van der Waals surface area contributed by atoms with Crippen molar-refractivity contribution in [3.05, 3.63) is 65.8 Å². The second-order valence-corrected chi connectivity index (χ2v) is 8.25. The number of carbonyl (C=O) groups is 1. The van der Waals surface area contributed by atoms with Crippen LogP contribution < -0.4 is 15.4 Å². The second-order valence-electron chi connectivity index (χ2n) is 7.81. The summed E-state index contributed by atoms with van der Waals surface area (Å²) >= 11 is 6.01. The number of rotatable bonds is 5. The van der Waals surface area contributed by atoms with E-state index in [1.807, 2.05) is 42.5 Å². The number of halogens is 1. The van der Waals surface area contributed by atoms with Crippen LogP contribution in [-0.4, -0.2) is 63.5 Å². The van der Waals surface area contributed by atoms with Crippen molar-refractivity contribution in [1.82, 2.24) is 24.8 Å². The molecule has 1 amide bonds. The van der Waals surface area contributed by atoms with Crippen LogP contribution in [0.4, 0.5) is 11.8 Å². The van der Waals surface area contributed by atoms with Crippen LogP contribution in [0.25, 0.3) is 22.4 Å². The zero-order chi connectivity index (χ0) is 23.5. The number of fused-ring (bicyclic) bond motifs is 1. The molecule has 34 heavy (non-hydrogen) atoms. The molecule has 2 aromatic carbocycles. The van der Waals surface area contributed by atoms with Crippen molar-refractivity contribution in [2.75, 3.05) is 43.4 Å². The Labute approximate surface area is 201 Å². The largest absolute Gasteiger partial charge is 0.484 e. The fourth-order valence-corrected chi connectivity index (χ4v) is 3.94. The number of nitrogens with zero attached hydrogens (tertiary/aromatic N) is 6. The zero-order valence-electron chi connectivity index (χ0n) is 18.3. The lowest BCUT2D eigenvalue weighted by molar-refractivity contribution is -0.133. The molecule has 5 rings (SSSR count). The molecule has 0 saturated carbocycles. The van der Waals surface area contributed by atoms with Crippen LogP contribution in [0.1, 0.15) is 0 Å². The number of anilines is 2. The summed E-state index contributed by atoms with van der Waals surface area (Å²) in [6, 6.07) is 16.7. The fraction of sp³-hybridized carbons (Fsp3) is 0.208. The van der Waals surface area contributed by atoms with Crippen LogP contribution in [0.15, 0.2) is 60.8 Å². The van der Waals surface area contributed by atoms with Crippen LogP contribution in [0.2, 0.25) is 5.02 Å². The predicted octanol–water partition coefficient (Wildman–Crippen LogP) is 3.05. The number of piperazine rings is 1. The summed E-state index contributed by atoms with van der Waals surface area (Å²) in [7, 11) is 0. The minimum Gasteiger partial charge on any atom is -0.484 e. The van der Waals surface area contributed by atoms with E-state index in [9.17, 15) is 4.79 Å². The third-order valence-electron chi connectivity index (χ3n) is 5.58. The fourth-order valence-electron chi connectivity index (χ4n) is 3.81. The van der Waals surface area contributed by atoms with E-state index in [1.54, 1.807) is 23.2 Å². The Hall–Kier alpha value is -3.98. The molecule has 0 aliphatic carbocycles. The first kappa shape index (κ1) is 21.8. The maximum Gasteiger partial charge on any atom is 0.260 e. The van der Waals surface area contributed by atoms with E-state index in [0.717, 1.165) is 5.56 Å². The summed E-state index contributed by atoms with van der Waals surface area (Å²) in [6.45, 7) is 2.23. The molecule has 172 valence electrons. The molecule has 0 atom stereocenters. The Morgan fingerprint density at radius 3 is 2.44 bits per heavy atom. The zero-order valence-corrected chi connectivity index (χ0v) is 19.0. The molecular formula is C24H22ClN7O2. The Balaban J connectivity index is 1.32. The van der Waals surface area contributed by atoms with Gasteiger partial charge in [-0.1, -0.05) is 41.9 Å². The number of nitrogens with two attached hydrogens (primary N) is 1. The van der Waals surface area contributed by atoms with Crippen molar-refractivity contribution < 1.29 is 9.53 Å². The van der Waals surface area contributed by atoms with E-state index in [2.05, 4.69) is 19.9 Å². The summed E-state index contributed by atoms with van der Waals surface area (Å²) in [5.41, 5.74) is 8.52. The smallest absolute Gasteiger partial charge is 0.260 e. The molecule has 0 unspecified atom stereocenters. The molecule has 1 fully saturated rings. The molecule has 0 spiro atoms. The molecule has 10 heteroatoms. The normalized spacial score (nSPS) is 13.8. The van der Waals surface area contributed by atoms with Crippen LogP contribution in [0.3, 0.4) is 0 Å². The highest BCUT2D eigenvalue weighted by atomic mass is 35.5. The topological polar surface area (TPSA) is 110 Å². The van der Waals surface area contributed by atoms with E-state index in [4.69, 9.17) is 27.1 Å². The van der Waals surface area contributed by atoms with Gasteiger partial charge < -0.3 is 20.3 Å². The van der Waals surface area contributed by atoms with Crippen molar-refractivity contribution >= 4 is 40.4 Å². The quantitative estimate of drug-likeness (QED) is 0.469. The molecular weight excluding hydrogens is 454 g/mol.